The molecule has 0 aliphatic carbocycles. The van der Waals surface area contributed by atoms with E-state index in [1.807, 2.05) is 0 Å². The molecular weight excluding hydrogens is 416 g/mol. The summed E-state index contributed by atoms with van der Waals surface area (Å²) in [6, 6.07) is 10.3. The van der Waals surface area contributed by atoms with Gasteiger partial charge < -0.3 is 9.84 Å². The van der Waals surface area contributed by atoms with Crippen LogP contribution in [0.25, 0.3) is 0 Å². The van der Waals surface area contributed by atoms with Crippen molar-refractivity contribution in [3.8, 4) is 5.75 Å². The second-order valence-corrected chi connectivity index (χ2v) is 6.10. The molecule has 9 heteroatoms. The highest BCUT2D eigenvalue weighted by Gasteiger charge is 2.15. The van der Waals surface area contributed by atoms with Crippen LogP contribution in [0.3, 0.4) is 0 Å². The molecule has 130 valence electrons. The summed E-state index contributed by atoms with van der Waals surface area (Å²) < 4.78 is 5.56. The average Bonchev–Trinajstić information content (AvgIpc) is 2.58. The highest BCUT2D eigenvalue weighted by Crippen LogP contribution is 2.22. The lowest BCUT2D eigenvalue weighted by atomic mass is 10.2. The number of phenols is 1. The Kier molecular flexibility index (Phi) is 6.37. The summed E-state index contributed by atoms with van der Waals surface area (Å²) >= 11 is 8.90. The van der Waals surface area contributed by atoms with Gasteiger partial charge in [-0.1, -0.05) is 27.5 Å². The van der Waals surface area contributed by atoms with Crippen molar-refractivity contribution < 1.29 is 24.2 Å². The van der Waals surface area contributed by atoms with Crippen LogP contribution in [0.15, 0.2) is 46.9 Å². The first-order valence-corrected chi connectivity index (χ1v) is 8.04. The van der Waals surface area contributed by atoms with Crippen molar-refractivity contribution >= 4 is 45.3 Å². The van der Waals surface area contributed by atoms with E-state index in [1.54, 1.807) is 24.3 Å². The number of rotatable bonds is 4. The number of esters is 1. The Hall–Kier alpha value is -2.58. The smallest absolute Gasteiger partial charge is 0.342 e. The van der Waals surface area contributed by atoms with Crippen molar-refractivity contribution in [2.45, 2.75) is 0 Å². The number of carbonyl (C=O) groups is 3. The zero-order valence-electron chi connectivity index (χ0n) is 12.6. The number of ether oxygens (including phenoxy) is 1. The van der Waals surface area contributed by atoms with Gasteiger partial charge >= 0.3 is 5.97 Å². The van der Waals surface area contributed by atoms with Gasteiger partial charge in [-0.25, -0.2) is 4.79 Å². The molecule has 0 heterocycles. The monoisotopic (exact) mass is 426 g/mol. The fourth-order valence-corrected chi connectivity index (χ4v) is 2.15. The molecule has 2 aromatic rings. The maximum Gasteiger partial charge on any atom is 0.342 e. The molecule has 0 fully saturated rings. The molecule has 0 aromatic heterocycles. The summed E-state index contributed by atoms with van der Waals surface area (Å²) in [5.41, 5.74) is 4.51. The average molecular weight is 428 g/mol. The molecule has 0 saturated carbocycles. The zero-order valence-corrected chi connectivity index (χ0v) is 14.9. The summed E-state index contributed by atoms with van der Waals surface area (Å²) in [7, 11) is 0. The molecule has 2 aromatic carbocycles. The number of benzene rings is 2. The maximum absolute atomic E-state index is 11.8. The minimum atomic E-state index is -0.899. The van der Waals surface area contributed by atoms with Crippen molar-refractivity contribution in [2.75, 3.05) is 6.61 Å². The van der Waals surface area contributed by atoms with E-state index >= 15 is 0 Å². The Morgan fingerprint density at radius 1 is 1.08 bits per heavy atom. The third-order valence-corrected chi connectivity index (χ3v) is 3.70. The van der Waals surface area contributed by atoms with Gasteiger partial charge in [-0.15, -0.1) is 0 Å². The largest absolute Gasteiger partial charge is 0.507 e. The molecule has 0 unspecified atom stereocenters. The van der Waals surface area contributed by atoms with Gasteiger partial charge in [0.05, 0.1) is 0 Å². The van der Waals surface area contributed by atoms with Crippen molar-refractivity contribution in [1.82, 2.24) is 10.9 Å². The van der Waals surface area contributed by atoms with Crippen LogP contribution in [-0.4, -0.2) is 29.5 Å². The molecule has 2 amide bonds. The molecule has 7 nitrogen and oxygen atoms in total. The highest BCUT2D eigenvalue weighted by molar-refractivity contribution is 9.10. The summed E-state index contributed by atoms with van der Waals surface area (Å²) in [5.74, 6) is -2.53. The third kappa shape index (κ3) is 5.47. The van der Waals surface area contributed by atoms with Crippen LogP contribution < -0.4 is 10.9 Å². The predicted molar refractivity (Wildman–Crippen MR) is 93.2 cm³/mol. The van der Waals surface area contributed by atoms with E-state index in [9.17, 15) is 19.5 Å². The quantitative estimate of drug-likeness (QED) is 0.513. The van der Waals surface area contributed by atoms with Gasteiger partial charge in [0, 0.05) is 15.1 Å². The van der Waals surface area contributed by atoms with E-state index in [0.29, 0.717) is 5.56 Å². The first kappa shape index (κ1) is 18.8. The van der Waals surface area contributed by atoms with Crippen LogP contribution in [0, 0.1) is 0 Å². The number of hydrazine groups is 1. The van der Waals surface area contributed by atoms with Crippen molar-refractivity contribution in [1.29, 1.82) is 0 Å². The minimum absolute atomic E-state index is 0.129. The van der Waals surface area contributed by atoms with E-state index < -0.39 is 24.4 Å². The van der Waals surface area contributed by atoms with Gasteiger partial charge in [-0.2, -0.15) is 0 Å². The summed E-state index contributed by atoms with van der Waals surface area (Å²) in [4.78, 5) is 35.2. The number of carbonyl (C=O) groups excluding carboxylic acids is 3. The highest BCUT2D eigenvalue weighted by atomic mass is 79.9. The Bertz CT molecular complexity index is 811. The Balaban J connectivity index is 1.81. The van der Waals surface area contributed by atoms with Crippen LogP contribution in [-0.2, 0) is 9.53 Å². The van der Waals surface area contributed by atoms with E-state index in [0.717, 1.165) is 4.47 Å². The summed E-state index contributed by atoms with van der Waals surface area (Å²) in [5, 5.41) is 9.85. The fourth-order valence-electron chi connectivity index (χ4n) is 1.72. The van der Waals surface area contributed by atoms with E-state index in [1.165, 1.54) is 18.2 Å². The molecule has 3 N–H and O–H groups in total. The van der Waals surface area contributed by atoms with Crippen molar-refractivity contribution in [3.05, 3.63) is 63.1 Å². The molecule has 0 saturated heterocycles. The predicted octanol–water partition coefficient (Wildman–Crippen LogP) is 2.43. The molecule has 0 atom stereocenters. The number of amides is 2. The maximum atomic E-state index is 11.8. The van der Waals surface area contributed by atoms with Crippen LogP contribution in [0.2, 0.25) is 5.02 Å². The van der Waals surface area contributed by atoms with Gasteiger partial charge in [0.1, 0.15) is 11.3 Å². The minimum Gasteiger partial charge on any atom is -0.507 e. The van der Waals surface area contributed by atoms with E-state index in [-0.39, 0.29) is 16.3 Å². The molecule has 0 bridgehead atoms. The Labute approximate surface area is 156 Å². The molecular formula is C16H12BrClN2O5. The van der Waals surface area contributed by atoms with Gasteiger partial charge in [0.2, 0.25) is 0 Å². The number of hydrogen-bond donors (Lipinski definition) is 3. The molecule has 0 aliphatic rings. The number of nitrogens with one attached hydrogen (secondary N) is 2. The number of halogens is 2. The molecule has 25 heavy (non-hydrogen) atoms. The Morgan fingerprint density at radius 3 is 2.40 bits per heavy atom. The second kappa shape index (κ2) is 8.50. The third-order valence-electron chi connectivity index (χ3n) is 2.94. The molecule has 0 radical (unpaired) electrons. The molecule has 0 aliphatic heterocycles. The first-order chi connectivity index (χ1) is 11.9. The van der Waals surface area contributed by atoms with Crippen molar-refractivity contribution in [3.63, 3.8) is 0 Å². The van der Waals surface area contributed by atoms with Crippen LogP contribution in [0.1, 0.15) is 20.7 Å². The van der Waals surface area contributed by atoms with E-state index in [2.05, 4.69) is 26.8 Å². The SMILES string of the molecule is O=C(COC(=O)c1ccc(Cl)cc1O)NNC(=O)c1ccc(Br)cc1. The van der Waals surface area contributed by atoms with Gasteiger partial charge in [-0.05, 0) is 42.5 Å². The number of aromatic hydroxyl groups is 1. The van der Waals surface area contributed by atoms with Crippen LogP contribution >= 0.6 is 27.5 Å². The fraction of sp³-hybridized carbons (Fsp3) is 0.0625. The Morgan fingerprint density at radius 2 is 1.76 bits per heavy atom. The summed E-state index contributed by atoms with van der Waals surface area (Å²) in [6.07, 6.45) is 0. The van der Waals surface area contributed by atoms with Gasteiger partial charge in [-0.3, -0.25) is 20.4 Å². The first-order valence-electron chi connectivity index (χ1n) is 6.87. The lowest BCUT2D eigenvalue weighted by molar-refractivity contribution is -0.125. The molecule has 2 rings (SSSR count). The number of hydrogen-bond acceptors (Lipinski definition) is 5. The van der Waals surface area contributed by atoms with Crippen molar-refractivity contribution in [2.24, 2.45) is 0 Å². The zero-order chi connectivity index (χ0) is 18.4. The van der Waals surface area contributed by atoms with Crippen LogP contribution in [0.5, 0.6) is 5.75 Å². The van der Waals surface area contributed by atoms with Gasteiger partial charge in [0.25, 0.3) is 11.8 Å². The van der Waals surface area contributed by atoms with Crippen LogP contribution in [0.4, 0.5) is 0 Å². The molecule has 0 spiro atoms. The normalized spacial score (nSPS) is 10.0. The number of phenolic OH excluding ortho intramolecular Hbond substituents is 1. The topological polar surface area (TPSA) is 105 Å². The lowest BCUT2D eigenvalue weighted by Gasteiger charge is -2.09. The standard InChI is InChI=1S/C16H12BrClN2O5/c17-10-3-1-9(2-4-10)15(23)20-19-14(22)8-25-16(24)12-6-5-11(18)7-13(12)21/h1-7,21H,8H2,(H,19,22)(H,20,23). The lowest BCUT2D eigenvalue weighted by Crippen LogP contribution is -2.43. The van der Waals surface area contributed by atoms with E-state index in [4.69, 9.17) is 16.3 Å². The van der Waals surface area contributed by atoms with Gasteiger partial charge in [0.15, 0.2) is 6.61 Å². The summed E-state index contributed by atoms with van der Waals surface area (Å²) in [6.45, 7) is -0.637. The second-order valence-electron chi connectivity index (χ2n) is 4.75.